The molecule has 1 aromatic heterocycles. The van der Waals surface area contributed by atoms with Crippen LogP contribution in [0.4, 0.5) is 13.9 Å². The van der Waals surface area contributed by atoms with Gasteiger partial charge in [-0.1, -0.05) is 42.0 Å². The molecule has 0 saturated heterocycles. The summed E-state index contributed by atoms with van der Waals surface area (Å²) in [5.74, 6) is -0.575. The molecule has 3 rings (SSSR count). The second kappa shape index (κ2) is 10.1. The van der Waals surface area contributed by atoms with Crippen molar-refractivity contribution in [2.45, 2.75) is 32.9 Å². The van der Waals surface area contributed by atoms with Gasteiger partial charge < -0.3 is 15.4 Å². The van der Waals surface area contributed by atoms with Crippen LogP contribution in [0.5, 0.6) is 5.75 Å². The van der Waals surface area contributed by atoms with Gasteiger partial charge in [0.1, 0.15) is 5.75 Å². The maximum absolute atomic E-state index is 12.6. The molecule has 0 aliphatic heterocycles. The lowest BCUT2D eigenvalue weighted by molar-refractivity contribution is -0.120. The molecule has 2 aromatic carbocycles. The molecule has 1 unspecified atom stereocenters. The highest BCUT2D eigenvalue weighted by atomic mass is 32.1. The number of halogens is 2. The summed E-state index contributed by atoms with van der Waals surface area (Å²) < 4.78 is 29.8. The predicted octanol–water partition coefficient (Wildman–Crippen LogP) is 4.93. The highest BCUT2D eigenvalue weighted by molar-refractivity contribution is 7.14. The average molecular weight is 445 g/mol. The molecule has 9 heteroatoms. The summed E-state index contributed by atoms with van der Waals surface area (Å²) in [6.07, 6.45) is 0.0165. The number of hydrogen-bond acceptors (Lipinski definition) is 5. The number of aromatic nitrogens is 1. The molecule has 0 radical (unpaired) electrons. The van der Waals surface area contributed by atoms with E-state index in [1.165, 1.54) is 24.3 Å². The lowest BCUT2D eigenvalue weighted by atomic mass is 10.0. The van der Waals surface area contributed by atoms with Crippen LogP contribution in [0.3, 0.4) is 0 Å². The van der Waals surface area contributed by atoms with Crippen LogP contribution in [0.25, 0.3) is 11.3 Å². The Hall–Kier alpha value is -3.33. The first-order chi connectivity index (χ1) is 14.8. The third kappa shape index (κ3) is 6.32. The van der Waals surface area contributed by atoms with Crippen molar-refractivity contribution < 1.29 is 23.1 Å². The standard InChI is InChI=1S/C22H21F2N3O3S/c1-13-7-9-15(10-8-13)17(25-14(2)28)11-20(29)27-22-26-18(12-31-22)16-5-3-4-6-19(16)30-21(23)24/h3-10,12,17,21H,11H2,1-2H3,(H,25,28)(H,26,27,29). The molecule has 0 fully saturated rings. The SMILES string of the molecule is CC(=O)NC(CC(=O)Nc1nc(-c2ccccc2OC(F)F)cs1)c1ccc(C)cc1. The molecule has 0 saturated carbocycles. The molecule has 1 heterocycles. The van der Waals surface area contributed by atoms with Gasteiger partial charge in [-0.05, 0) is 24.6 Å². The number of nitrogens with zero attached hydrogens (tertiary/aromatic N) is 1. The first-order valence-electron chi connectivity index (χ1n) is 9.45. The van der Waals surface area contributed by atoms with Crippen LogP contribution in [-0.2, 0) is 9.59 Å². The van der Waals surface area contributed by atoms with Crippen molar-refractivity contribution in [2.75, 3.05) is 5.32 Å². The topological polar surface area (TPSA) is 80.3 Å². The number of hydrogen-bond donors (Lipinski definition) is 2. The Kier molecular flexibility index (Phi) is 7.30. The summed E-state index contributed by atoms with van der Waals surface area (Å²) in [7, 11) is 0. The first kappa shape index (κ1) is 22.4. The molecule has 0 spiro atoms. The van der Waals surface area contributed by atoms with Crippen LogP contribution in [0.1, 0.15) is 30.5 Å². The van der Waals surface area contributed by atoms with Crippen LogP contribution in [0.15, 0.2) is 53.9 Å². The van der Waals surface area contributed by atoms with Crippen molar-refractivity contribution in [3.05, 3.63) is 65.0 Å². The van der Waals surface area contributed by atoms with E-state index in [2.05, 4.69) is 20.4 Å². The second-order valence-electron chi connectivity index (χ2n) is 6.83. The van der Waals surface area contributed by atoms with E-state index in [4.69, 9.17) is 0 Å². The minimum absolute atomic E-state index is 0.00534. The van der Waals surface area contributed by atoms with Gasteiger partial charge in [-0.25, -0.2) is 4.98 Å². The van der Waals surface area contributed by atoms with E-state index in [0.29, 0.717) is 16.4 Å². The van der Waals surface area contributed by atoms with Crippen LogP contribution in [0.2, 0.25) is 0 Å². The van der Waals surface area contributed by atoms with Crippen molar-refractivity contribution in [1.82, 2.24) is 10.3 Å². The Balaban J connectivity index is 1.71. The highest BCUT2D eigenvalue weighted by Crippen LogP contribution is 2.33. The molecule has 31 heavy (non-hydrogen) atoms. The fourth-order valence-electron chi connectivity index (χ4n) is 2.98. The molecule has 2 amide bonds. The molecule has 0 aliphatic rings. The largest absolute Gasteiger partial charge is 0.434 e. The van der Waals surface area contributed by atoms with Gasteiger partial charge in [-0.2, -0.15) is 8.78 Å². The summed E-state index contributed by atoms with van der Waals surface area (Å²) in [6.45, 7) is 0.394. The van der Waals surface area contributed by atoms with Gasteiger partial charge in [-0.15, -0.1) is 11.3 Å². The van der Waals surface area contributed by atoms with Crippen LogP contribution < -0.4 is 15.4 Å². The van der Waals surface area contributed by atoms with Gasteiger partial charge in [0.25, 0.3) is 0 Å². The monoisotopic (exact) mass is 445 g/mol. The number of amides is 2. The van der Waals surface area contributed by atoms with Crippen molar-refractivity contribution in [2.24, 2.45) is 0 Å². The van der Waals surface area contributed by atoms with Crippen LogP contribution in [-0.4, -0.2) is 23.4 Å². The quantitative estimate of drug-likeness (QED) is 0.515. The van der Waals surface area contributed by atoms with Gasteiger partial charge in [0.15, 0.2) is 5.13 Å². The summed E-state index contributed by atoms with van der Waals surface area (Å²) >= 11 is 1.17. The normalized spacial score (nSPS) is 11.8. The number of thiazole rings is 1. The van der Waals surface area contributed by atoms with E-state index >= 15 is 0 Å². The van der Waals surface area contributed by atoms with E-state index in [0.717, 1.165) is 11.1 Å². The summed E-state index contributed by atoms with van der Waals surface area (Å²) in [5, 5.41) is 7.45. The lowest BCUT2D eigenvalue weighted by Gasteiger charge is -2.18. The fourth-order valence-corrected chi connectivity index (χ4v) is 3.71. The molecular weight excluding hydrogens is 424 g/mol. The number of aryl methyl sites for hydroxylation is 1. The number of carbonyl (C=O) groups excluding carboxylic acids is 2. The minimum atomic E-state index is -2.95. The van der Waals surface area contributed by atoms with Crippen molar-refractivity contribution in [3.63, 3.8) is 0 Å². The Morgan fingerprint density at radius 2 is 1.84 bits per heavy atom. The zero-order valence-electron chi connectivity index (χ0n) is 16.9. The Morgan fingerprint density at radius 3 is 2.52 bits per heavy atom. The summed E-state index contributed by atoms with van der Waals surface area (Å²) in [5.41, 5.74) is 2.69. The number of anilines is 1. The van der Waals surface area contributed by atoms with Crippen molar-refractivity contribution >= 4 is 28.3 Å². The summed E-state index contributed by atoms with van der Waals surface area (Å²) in [6, 6.07) is 13.4. The van der Waals surface area contributed by atoms with Crippen molar-refractivity contribution in [1.29, 1.82) is 0 Å². The number of ether oxygens (including phenoxy) is 1. The van der Waals surface area contributed by atoms with Gasteiger partial charge in [0, 0.05) is 17.9 Å². The third-order valence-corrected chi connectivity index (χ3v) is 5.13. The maximum atomic E-state index is 12.6. The number of para-hydroxylation sites is 1. The van der Waals surface area contributed by atoms with Crippen LogP contribution in [0, 0.1) is 6.92 Å². The zero-order valence-corrected chi connectivity index (χ0v) is 17.7. The molecule has 3 aromatic rings. The zero-order chi connectivity index (χ0) is 22.4. The Bertz CT molecular complexity index is 1050. The number of alkyl halides is 2. The Morgan fingerprint density at radius 1 is 1.13 bits per heavy atom. The van der Waals surface area contributed by atoms with E-state index in [1.807, 2.05) is 31.2 Å². The predicted molar refractivity (Wildman–Crippen MR) is 115 cm³/mol. The van der Waals surface area contributed by atoms with E-state index in [-0.39, 0.29) is 24.0 Å². The molecule has 0 aliphatic carbocycles. The van der Waals surface area contributed by atoms with E-state index in [9.17, 15) is 18.4 Å². The molecular formula is C22H21F2N3O3S. The smallest absolute Gasteiger partial charge is 0.387 e. The molecule has 6 nitrogen and oxygen atoms in total. The molecule has 0 bridgehead atoms. The average Bonchev–Trinajstić information content (AvgIpc) is 3.15. The van der Waals surface area contributed by atoms with Crippen LogP contribution >= 0.6 is 11.3 Å². The van der Waals surface area contributed by atoms with Gasteiger partial charge >= 0.3 is 6.61 Å². The summed E-state index contributed by atoms with van der Waals surface area (Å²) in [4.78, 5) is 28.5. The molecule has 1 atom stereocenters. The van der Waals surface area contributed by atoms with Gasteiger partial charge in [0.05, 0.1) is 18.2 Å². The first-order valence-corrected chi connectivity index (χ1v) is 10.3. The number of rotatable bonds is 8. The minimum Gasteiger partial charge on any atom is -0.434 e. The lowest BCUT2D eigenvalue weighted by Crippen LogP contribution is -2.29. The Labute approximate surface area is 182 Å². The number of nitrogens with one attached hydrogen (secondary N) is 2. The molecule has 162 valence electrons. The maximum Gasteiger partial charge on any atom is 0.387 e. The van der Waals surface area contributed by atoms with E-state index in [1.54, 1.807) is 23.6 Å². The van der Waals surface area contributed by atoms with Crippen molar-refractivity contribution in [3.8, 4) is 17.0 Å². The second-order valence-corrected chi connectivity index (χ2v) is 7.69. The number of carbonyl (C=O) groups is 2. The molecule has 2 N–H and O–H groups in total. The van der Waals surface area contributed by atoms with E-state index < -0.39 is 12.7 Å². The third-order valence-electron chi connectivity index (χ3n) is 4.38. The fraction of sp³-hybridized carbons (Fsp3) is 0.227. The van der Waals surface area contributed by atoms with Gasteiger partial charge in [0.2, 0.25) is 11.8 Å². The van der Waals surface area contributed by atoms with Gasteiger partial charge in [-0.3, -0.25) is 9.59 Å². The number of benzene rings is 2. The highest BCUT2D eigenvalue weighted by Gasteiger charge is 2.19.